The molecule has 0 N–H and O–H groups in total. The Bertz CT molecular complexity index is 815. The van der Waals surface area contributed by atoms with Gasteiger partial charge < -0.3 is 9.80 Å². The Kier molecular flexibility index (Phi) is 3.60. The van der Waals surface area contributed by atoms with Gasteiger partial charge in [0, 0.05) is 35.9 Å². The van der Waals surface area contributed by atoms with E-state index >= 15 is 0 Å². The van der Waals surface area contributed by atoms with Crippen LogP contribution in [0.3, 0.4) is 0 Å². The molecule has 2 aromatic rings. The van der Waals surface area contributed by atoms with Crippen molar-refractivity contribution in [3.63, 3.8) is 0 Å². The van der Waals surface area contributed by atoms with Crippen LogP contribution in [0.1, 0.15) is 35.7 Å². The number of nitrogens with zero attached hydrogens (tertiary/aromatic N) is 2. The number of fused-ring (bicyclic) bond motifs is 1. The van der Waals surface area contributed by atoms with E-state index < -0.39 is 0 Å². The van der Waals surface area contributed by atoms with Crippen molar-refractivity contribution in [1.82, 2.24) is 0 Å². The lowest BCUT2D eigenvalue weighted by atomic mass is 10.1. The van der Waals surface area contributed by atoms with E-state index in [1.807, 2.05) is 47.4 Å². The zero-order chi connectivity index (χ0) is 16.7. The minimum absolute atomic E-state index is 0.000876. The van der Waals surface area contributed by atoms with E-state index in [2.05, 4.69) is 13.0 Å². The summed E-state index contributed by atoms with van der Waals surface area (Å²) in [6.07, 6.45) is 2.36. The quantitative estimate of drug-likeness (QED) is 0.851. The number of carbonyl (C=O) groups is 2. The molecule has 0 saturated carbocycles. The van der Waals surface area contributed by atoms with Crippen molar-refractivity contribution in [1.29, 1.82) is 0 Å². The van der Waals surface area contributed by atoms with Crippen LogP contribution in [0.25, 0.3) is 0 Å². The highest BCUT2D eigenvalue weighted by Crippen LogP contribution is 2.33. The molecule has 2 aromatic carbocycles. The summed E-state index contributed by atoms with van der Waals surface area (Å²) in [5, 5.41) is 0. The molecule has 2 aliphatic rings. The maximum atomic E-state index is 13.1. The summed E-state index contributed by atoms with van der Waals surface area (Å²) in [6, 6.07) is 15.7. The summed E-state index contributed by atoms with van der Waals surface area (Å²) in [7, 11) is 0. The molecule has 0 radical (unpaired) electrons. The molecule has 0 bridgehead atoms. The van der Waals surface area contributed by atoms with Gasteiger partial charge in [-0.05, 0) is 49.6 Å². The normalized spacial score (nSPS) is 19.7. The van der Waals surface area contributed by atoms with Gasteiger partial charge in [-0.25, -0.2) is 0 Å². The Balaban J connectivity index is 1.67. The minimum Gasteiger partial charge on any atom is -0.312 e. The Morgan fingerprint density at radius 3 is 2.75 bits per heavy atom. The van der Waals surface area contributed by atoms with E-state index in [0.29, 0.717) is 12.0 Å². The third-order valence-corrected chi connectivity index (χ3v) is 4.90. The fraction of sp³-hybridized carbons (Fsp3) is 0.300. The molecule has 1 fully saturated rings. The summed E-state index contributed by atoms with van der Waals surface area (Å²) in [4.78, 5) is 28.7. The second-order valence-electron chi connectivity index (χ2n) is 6.56. The van der Waals surface area contributed by atoms with Crippen LogP contribution in [0.5, 0.6) is 0 Å². The van der Waals surface area contributed by atoms with E-state index in [1.165, 1.54) is 5.56 Å². The molecular weight excluding hydrogens is 300 g/mol. The zero-order valence-corrected chi connectivity index (χ0v) is 13.7. The number of carbonyl (C=O) groups excluding carboxylic acids is 2. The van der Waals surface area contributed by atoms with E-state index in [9.17, 15) is 9.59 Å². The van der Waals surface area contributed by atoms with Crippen LogP contribution in [0, 0.1) is 0 Å². The molecule has 24 heavy (non-hydrogen) atoms. The van der Waals surface area contributed by atoms with Crippen LogP contribution in [0.4, 0.5) is 11.4 Å². The molecule has 2 heterocycles. The molecule has 4 nitrogen and oxygen atoms in total. The van der Waals surface area contributed by atoms with Crippen LogP contribution in [-0.4, -0.2) is 24.4 Å². The average Bonchev–Trinajstić information content (AvgIpc) is 3.16. The van der Waals surface area contributed by atoms with Crippen molar-refractivity contribution < 1.29 is 9.59 Å². The highest BCUT2D eigenvalue weighted by atomic mass is 16.2. The number of rotatable bonds is 2. The molecule has 0 unspecified atom stereocenters. The molecule has 2 amide bonds. The van der Waals surface area contributed by atoms with Gasteiger partial charge in [-0.1, -0.05) is 24.3 Å². The van der Waals surface area contributed by atoms with Crippen LogP contribution < -0.4 is 9.80 Å². The summed E-state index contributed by atoms with van der Waals surface area (Å²) >= 11 is 0. The number of anilines is 2. The van der Waals surface area contributed by atoms with Crippen LogP contribution in [-0.2, 0) is 11.2 Å². The summed E-state index contributed by atoms with van der Waals surface area (Å²) in [5.41, 5.74) is 3.67. The van der Waals surface area contributed by atoms with Gasteiger partial charge >= 0.3 is 0 Å². The largest absolute Gasteiger partial charge is 0.312 e. The predicted octanol–water partition coefficient (Wildman–Crippen LogP) is 3.40. The Hall–Kier alpha value is -2.62. The topological polar surface area (TPSA) is 40.6 Å². The maximum absolute atomic E-state index is 13.1. The third kappa shape index (κ3) is 2.39. The molecule has 1 atom stereocenters. The molecule has 122 valence electrons. The SMILES string of the molecule is C[C@H]1Cc2ccccc2N1C(=O)c1cccc(N2CCCC2=O)c1. The first-order valence-corrected chi connectivity index (χ1v) is 8.47. The Morgan fingerprint density at radius 2 is 1.96 bits per heavy atom. The van der Waals surface area contributed by atoms with E-state index in [-0.39, 0.29) is 17.9 Å². The van der Waals surface area contributed by atoms with Crippen molar-refractivity contribution in [3.8, 4) is 0 Å². The molecule has 0 aliphatic carbocycles. The number of amides is 2. The van der Waals surface area contributed by atoms with Gasteiger partial charge in [-0.2, -0.15) is 0 Å². The molecule has 0 aromatic heterocycles. The lowest BCUT2D eigenvalue weighted by molar-refractivity contribution is -0.117. The smallest absolute Gasteiger partial charge is 0.258 e. The maximum Gasteiger partial charge on any atom is 0.258 e. The number of hydrogen-bond acceptors (Lipinski definition) is 2. The highest BCUT2D eigenvalue weighted by molar-refractivity contribution is 6.08. The first-order valence-electron chi connectivity index (χ1n) is 8.47. The van der Waals surface area contributed by atoms with Gasteiger partial charge in [0.2, 0.25) is 5.91 Å². The van der Waals surface area contributed by atoms with Gasteiger partial charge in [-0.3, -0.25) is 9.59 Å². The fourth-order valence-electron chi connectivity index (χ4n) is 3.74. The lowest BCUT2D eigenvalue weighted by Gasteiger charge is -2.24. The first-order chi connectivity index (χ1) is 11.6. The van der Waals surface area contributed by atoms with E-state index in [4.69, 9.17) is 0 Å². The fourth-order valence-corrected chi connectivity index (χ4v) is 3.74. The van der Waals surface area contributed by atoms with E-state index in [1.54, 1.807) is 4.90 Å². The van der Waals surface area contributed by atoms with Crippen molar-refractivity contribution in [2.75, 3.05) is 16.3 Å². The zero-order valence-electron chi connectivity index (χ0n) is 13.7. The highest BCUT2D eigenvalue weighted by Gasteiger charge is 2.31. The first kappa shape index (κ1) is 14.9. The van der Waals surface area contributed by atoms with Crippen LogP contribution in [0.15, 0.2) is 48.5 Å². The third-order valence-electron chi connectivity index (χ3n) is 4.90. The van der Waals surface area contributed by atoms with Crippen LogP contribution in [0.2, 0.25) is 0 Å². The summed E-state index contributed by atoms with van der Waals surface area (Å²) in [5.74, 6) is 0.139. The molecule has 1 saturated heterocycles. The van der Waals surface area contributed by atoms with Crippen molar-refractivity contribution in [2.24, 2.45) is 0 Å². The summed E-state index contributed by atoms with van der Waals surface area (Å²) < 4.78 is 0. The predicted molar refractivity (Wildman–Crippen MR) is 94.4 cm³/mol. The molecule has 0 spiro atoms. The van der Waals surface area contributed by atoms with Gasteiger partial charge in [0.25, 0.3) is 5.91 Å². The van der Waals surface area contributed by atoms with Crippen molar-refractivity contribution >= 4 is 23.2 Å². The molecule has 4 heteroatoms. The Labute approximate surface area is 141 Å². The minimum atomic E-state index is 0.000876. The second-order valence-corrected chi connectivity index (χ2v) is 6.56. The lowest BCUT2D eigenvalue weighted by Crippen LogP contribution is -2.35. The standard InChI is InChI=1S/C20H20N2O2/c1-14-12-15-6-2-3-9-18(15)22(14)20(24)16-7-4-8-17(13-16)21-11-5-10-19(21)23/h2-4,6-9,13-14H,5,10-12H2,1H3/t14-/m0/s1. The Morgan fingerprint density at radius 1 is 1.12 bits per heavy atom. The number of hydrogen-bond donors (Lipinski definition) is 0. The van der Waals surface area contributed by atoms with Crippen LogP contribution >= 0.6 is 0 Å². The molecule has 2 aliphatic heterocycles. The average molecular weight is 320 g/mol. The second kappa shape index (κ2) is 5.78. The number of benzene rings is 2. The monoisotopic (exact) mass is 320 g/mol. The van der Waals surface area contributed by atoms with Gasteiger partial charge in [0.1, 0.15) is 0 Å². The number of para-hydroxylation sites is 1. The molecular formula is C20H20N2O2. The van der Waals surface area contributed by atoms with Crippen molar-refractivity contribution in [2.45, 2.75) is 32.2 Å². The van der Waals surface area contributed by atoms with Gasteiger partial charge in [0.05, 0.1) is 0 Å². The summed E-state index contributed by atoms with van der Waals surface area (Å²) in [6.45, 7) is 2.81. The van der Waals surface area contributed by atoms with Gasteiger partial charge in [-0.15, -0.1) is 0 Å². The van der Waals surface area contributed by atoms with Gasteiger partial charge in [0.15, 0.2) is 0 Å². The van der Waals surface area contributed by atoms with Crippen molar-refractivity contribution in [3.05, 3.63) is 59.7 Å². The van der Waals surface area contributed by atoms with E-state index in [0.717, 1.165) is 30.8 Å². The molecule has 4 rings (SSSR count).